The number of para-hydroxylation sites is 1. The Morgan fingerprint density at radius 3 is 2.30 bits per heavy atom. The molecule has 0 radical (unpaired) electrons. The van der Waals surface area contributed by atoms with Gasteiger partial charge in [-0.2, -0.15) is 0 Å². The molecule has 1 unspecified atom stereocenters. The number of rotatable bonds is 0. The average molecular weight is 263 g/mol. The van der Waals surface area contributed by atoms with E-state index in [1.807, 2.05) is 0 Å². The molecule has 0 N–H and O–H groups in total. The molecule has 0 amide bonds. The van der Waals surface area contributed by atoms with Crippen molar-refractivity contribution in [3.8, 4) is 0 Å². The number of anilines is 1. The van der Waals surface area contributed by atoms with Crippen LogP contribution in [0.4, 0.5) is 5.69 Å². The van der Waals surface area contributed by atoms with Crippen LogP contribution in [0, 0.1) is 0 Å². The van der Waals surface area contributed by atoms with E-state index in [1.54, 1.807) is 0 Å². The van der Waals surface area contributed by atoms with Gasteiger partial charge in [-0.25, -0.2) is 0 Å². The van der Waals surface area contributed by atoms with Crippen LogP contribution in [0.2, 0.25) is 0 Å². The Morgan fingerprint density at radius 1 is 0.900 bits per heavy atom. The van der Waals surface area contributed by atoms with Crippen LogP contribution in [0.15, 0.2) is 48.5 Å². The molecule has 1 nitrogen and oxygen atoms in total. The fourth-order valence-electron chi connectivity index (χ4n) is 4.51. The van der Waals surface area contributed by atoms with Crippen LogP contribution in [0.3, 0.4) is 0 Å². The van der Waals surface area contributed by atoms with Gasteiger partial charge in [0.25, 0.3) is 0 Å². The first kappa shape index (κ1) is 12.0. The Balaban J connectivity index is 1.94. The molecule has 2 aromatic rings. The molecule has 20 heavy (non-hydrogen) atoms. The summed E-state index contributed by atoms with van der Waals surface area (Å²) >= 11 is 0. The quantitative estimate of drug-likeness (QED) is 0.686. The van der Waals surface area contributed by atoms with Gasteiger partial charge in [0, 0.05) is 19.2 Å². The summed E-state index contributed by atoms with van der Waals surface area (Å²) in [6, 6.07) is 17.9. The van der Waals surface area contributed by atoms with E-state index < -0.39 is 0 Å². The van der Waals surface area contributed by atoms with Gasteiger partial charge >= 0.3 is 0 Å². The van der Waals surface area contributed by atoms with Crippen LogP contribution in [-0.4, -0.2) is 7.05 Å². The third-order valence-corrected chi connectivity index (χ3v) is 5.37. The van der Waals surface area contributed by atoms with Crippen LogP contribution >= 0.6 is 0 Å². The second-order valence-electron chi connectivity index (χ2n) is 7.00. The second kappa shape index (κ2) is 3.66. The Kier molecular flexibility index (Phi) is 2.20. The maximum Gasteiger partial charge on any atom is 0.0702 e. The highest BCUT2D eigenvalue weighted by Crippen LogP contribution is 2.56. The van der Waals surface area contributed by atoms with Gasteiger partial charge in [-0.15, -0.1) is 0 Å². The molecule has 1 aliphatic carbocycles. The van der Waals surface area contributed by atoms with Crippen molar-refractivity contribution in [2.75, 3.05) is 11.9 Å². The van der Waals surface area contributed by atoms with Crippen LogP contribution in [0.25, 0.3) is 0 Å². The summed E-state index contributed by atoms with van der Waals surface area (Å²) in [5.74, 6) is 0. The normalized spacial score (nSPS) is 25.9. The lowest BCUT2D eigenvalue weighted by Crippen LogP contribution is -2.40. The molecule has 0 fully saturated rings. The summed E-state index contributed by atoms with van der Waals surface area (Å²) in [6.45, 7) is 4.77. The van der Waals surface area contributed by atoms with E-state index in [-0.39, 0.29) is 11.0 Å². The second-order valence-corrected chi connectivity index (χ2v) is 7.00. The number of nitrogens with zero attached hydrogens (tertiary/aromatic N) is 1. The largest absolute Gasteiger partial charge is 0.364 e. The van der Waals surface area contributed by atoms with Crippen LogP contribution in [-0.2, 0) is 17.4 Å². The lowest BCUT2D eigenvalue weighted by atomic mass is 9.83. The minimum absolute atomic E-state index is 0.157. The van der Waals surface area contributed by atoms with E-state index in [4.69, 9.17) is 0 Å². The number of likely N-dealkylation sites (N-methyl/N-ethyl adjacent to an activating group) is 1. The van der Waals surface area contributed by atoms with Crippen molar-refractivity contribution >= 4 is 5.69 Å². The number of hydrogen-bond donors (Lipinski definition) is 0. The Morgan fingerprint density at radius 2 is 1.55 bits per heavy atom. The topological polar surface area (TPSA) is 3.24 Å². The first-order valence-corrected chi connectivity index (χ1v) is 7.46. The monoisotopic (exact) mass is 263 g/mol. The summed E-state index contributed by atoms with van der Waals surface area (Å²) in [4.78, 5) is 2.52. The summed E-state index contributed by atoms with van der Waals surface area (Å²) < 4.78 is 0. The van der Waals surface area contributed by atoms with Crippen molar-refractivity contribution in [3.63, 3.8) is 0 Å². The van der Waals surface area contributed by atoms with Gasteiger partial charge in [-0.3, -0.25) is 0 Å². The van der Waals surface area contributed by atoms with E-state index in [9.17, 15) is 0 Å². The van der Waals surface area contributed by atoms with Crippen molar-refractivity contribution in [3.05, 3.63) is 65.2 Å². The molecule has 1 atom stereocenters. The SMILES string of the molecule is CN1c2ccccc2CC12CC(C)(C)c1ccccc12. The molecular weight excluding hydrogens is 242 g/mol. The van der Waals surface area contributed by atoms with Crippen molar-refractivity contribution in [1.82, 2.24) is 0 Å². The van der Waals surface area contributed by atoms with E-state index in [2.05, 4.69) is 74.3 Å². The molecule has 0 aromatic heterocycles. The minimum Gasteiger partial charge on any atom is -0.364 e. The molecule has 1 heterocycles. The van der Waals surface area contributed by atoms with Crippen molar-refractivity contribution in [1.29, 1.82) is 0 Å². The van der Waals surface area contributed by atoms with Crippen LogP contribution in [0.1, 0.15) is 37.0 Å². The molecular formula is C19H21N. The molecule has 102 valence electrons. The Hall–Kier alpha value is -1.76. The molecule has 2 aromatic carbocycles. The highest BCUT2D eigenvalue weighted by Gasteiger charge is 2.53. The van der Waals surface area contributed by atoms with Crippen molar-refractivity contribution < 1.29 is 0 Å². The highest BCUT2D eigenvalue weighted by atomic mass is 15.2. The molecule has 0 saturated carbocycles. The number of hydrogen-bond acceptors (Lipinski definition) is 1. The zero-order valence-electron chi connectivity index (χ0n) is 12.5. The van der Waals surface area contributed by atoms with Gasteiger partial charge in [0.15, 0.2) is 0 Å². The van der Waals surface area contributed by atoms with Gasteiger partial charge in [-0.05, 0) is 34.6 Å². The van der Waals surface area contributed by atoms with Crippen molar-refractivity contribution in [2.24, 2.45) is 0 Å². The van der Waals surface area contributed by atoms with Gasteiger partial charge in [0.05, 0.1) is 5.54 Å². The third kappa shape index (κ3) is 1.33. The van der Waals surface area contributed by atoms with Gasteiger partial charge < -0.3 is 4.90 Å². The summed E-state index contributed by atoms with van der Waals surface area (Å²) in [5.41, 5.74) is 6.36. The van der Waals surface area contributed by atoms with E-state index in [0.717, 1.165) is 6.42 Å². The van der Waals surface area contributed by atoms with E-state index in [1.165, 1.54) is 28.8 Å². The maximum absolute atomic E-state index is 2.52. The van der Waals surface area contributed by atoms with Crippen LogP contribution in [0.5, 0.6) is 0 Å². The molecule has 1 spiro atoms. The summed E-state index contributed by atoms with van der Waals surface area (Å²) in [7, 11) is 2.27. The molecule has 2 aliphatic rings. The lowest BCUT2D eigenvalue weighted by Gasteiger charge is -2.36. The minimum atomic E-state index is 0.157. The van der Waals surface area contributed by atoms with Gasteiger partial charge in [0.1, 0.15) is 0 Å². The summed E-state index contributed by atoms with van der Waals surface area (Å²) in [6.07, 6.45) is 2.34. The third-order valence-electron chi connectivity index (χ3n) is 5.37. The molecule has 4 rings (SSSR count). The first-order valence-electron chi connectivity index (χ1n) is 7.46. The van der Waals surface area contributed by atoms with Gasteiger partial charge in [-0.1, -0.05) is 56.3 Å². The van der Waals surface area contributed by atoms with Gasteiger partial charge in [0.2, 0.25) is 0 Å². The molecule has 1 aliphatic heterocycles. The standard InChI is InChI=1S/C19H21N/c1-18(2)13-19(16-10-6-5-9-15(16)18)12-14-8-4-7-11-17(14)20(19)3/h4-11H,12-13H2,1-3H3. The number of fused-ring (bicyclic) bond motifs is 3. The predicted octanol–water partition coefficient (Wildman–Crippen LogP) is 4.26. The average Bonchev–Trinajstić information content (AvgIpc) is 2.85. The van der Waals surface area contributed by atoms with Crippen molar-refractivity contribution in [2.45, 2.75) is 37.6 Å². The fraction of sp³-hybridized carbons (Fsp3) is 0.368. The van der Waals surface area contributed by atoms with Crippen LogP contribution < -0.4 is 4.90 Å². The Labute approximate surface area is 121 Å². The van der Waals surface area contributed by atoms with E-state index >= 15 is 0 Å². The van der Waals surface area contributed by atoms with E-state index in [0.29, 0.717) is 0 Å². The maximum atomic E-state index is 2.52. The zero-order valence-corrected chi connectivity index (χ0v) is 12.5. The molecule has 0 saturated heterocycles. The first-order chi connectivity index (χ1) is 9.55. The smallest absolute Gasteiger partial charge is 0.0702 e. The summed E-state index contributed by atoms with van der Waals surface area (Å²) in [5, 5.41) is 0. The number of benzene rings is 2. The highest BCUT2D eigenvalue weighted by molar-refractivity contribution is 5.65. The fourth-order valence-corrected chi connectivity index (χ4v) is 4.51. The Bertz CT molecular complexity index is 686. The molecule has 0 bridgehead atoms. The molecule has 1 heteroatoms. The zero-order chi connectivity index (χ0) is 14.0. The predicted molar refractivity (Wildman–Crippen MR) is 84.3 cm³/mol. The lowest BCUT2D eigenvalue weighted by molar-refractivity contribution is 0.358.